The summed E-state index contributed by atoms with van der Waals surface area (Å²) in [5.41, 5.74) is 1.45. The SMILES string of the molecule is CCOc1ccc(N(CCNC(=O)Cc2ccccc2)S(C)(=O)=O)cc1. The lowest BCUT2D eigenvalue weighted by Crippen LogP contribution is -2.38. The van der Waals surface area contributed by atoms with Crippen molar-refractivity contribution in [3.63, 3.8) is 0 Å². The molecule has 2 rings (SSSR count). The fourth-order valence-electron chi connectivity index (χ4n) is 2.50. The summed E-state index contributed by atoms with van der Waals surface area (Å²) in [4.78, 5) is 12.0. The van der Waals surface area contributed by atoms with Crippen LogP contribution in [0.5, 0.6) is 5.75 Å². The van der Waals surface area contributed by atoms with Gasteiger partial charge < -0.3 is 10.1 Å². The van der Waals surface area contributed by atoms with Gasteiger partial charge in [-0.15, -0.1) is 0 Å². The fourth-order valence-corrected chi connectivity index (χ4v) is 3.43. The number of anilines is 1. The maximum Gasteiger partial charge on any atom is 0.232 e. The highest BCUT2D eigenvalue weighted by Crippen LogP contribution is 2.21. The van der Waals surface area contributed by atoms with Crippen LogP contribution in [-0.4, -0.2) is 40.3 Å². The highest BCUT2D eigenvalue weighted by atomic mass is 32.2. The van der Waals surface area contributed by atoms with Crippen LogP contribution in [0, 0.1) is 0 Å². The minimum atomic E-state index is -3.46. The summed E-state index contributed by atoms with van der Waals surface area (Å²) >= 11 is 0. The first-order valence-electron chi connectivity index (χ1n) is 8.41. The lowest BCUT2D eigenvalue weighted by Gasteiger charge is -2.22. The van der Waals surface area contributed by atoms with Crippen LogP contribution in [0.1, 0.15) is 12.5 Å². The molecular weight excluding hydrogens is 352 g/mol. The lowest BCUT2D eigenvalue weighted by atomic mass is 10.1. The average Bonchev–Trinajstić information content (AvgIpc) is 2.60. The van der Waals surface area contributed by atoms with Crippen LogP contribution in [0.25, 0.3) is 0 Å². The normalized spacial score (nSPS) is 11.0. The van der Waals surface area contributed by atoms with Gasteiger partial charge in [-0.2, -0.15) is 0 Å². The number of benzene rings is 2. The van der Waals surface area contributed by atoms with E-state index in [1.165, 1.54) is 4.31 Å². The Kier molecular flexibility index (Phi) is 7.03. The van der Waals surface area contributed by atoms with E-state index < -0.39 is 10.0 Å². The molecule has 1 N–H and O–H groups in total. The van der Waals surface area contributed by atoms with Crippen molar-refractivity contribution in [2.45, 2.75) is 13.3 Å². The number of nitrogens with one attached hydrogen (secondary N) is 1. The molecule has 2 aromatic rings. The quantitative estimate of drug-likeness (QED) is 0.728. The van der Waals surface area contributed by atoms with Crippen LogP contribution in [0.2, 0.25) is 0 Å². The second kappa shape index (κ2) is 9.24. The molecule has 0 atom stereocenters. The van der Waals surface area contributed by atoms with Crippen molar-refractivity contribution in [3.05, 3.63) is 60.2 Å². The number of amides is 1. The third-order valence-corrected chi connectivity index (χ3v) is 4.87. The molecule has 7 heteroatoms. The van der Waals surface area contributed by atoms with Crippen molar-refractivity contribution in [2.24, 2.45) is 0 Å². The van der Waals surface area contributed by atoms with Gasteiger partial charge in [-0.3, -0.25) is 9.10 Å². The van der Waals surface area contributed by atoms with E-state index in [0.29, 0.717) is 18.0 Å². The molecule has 0 saturated heterocycles. The molecule has 0 fully saturated rings. The molecule has 140 valence electrons. The molecule has 0 spiro atoms. The van der Waals surface area contributed by atoms with Gasteiger partial charge >= 0.3 is 0 Å². The summed E-state index contributed by atoms with van der Waals surface area (Å²) in [5, 5.41) is 2.77. The Morgan fingerprint density at radius 3 is 2.31 bits per heavy atom. The predicted molar refractivity (Wildman–Crippen MR) is 103 cm³/mol. The van der Waals surface area contributed by atoms with E-state index in [1.54, 1.807) is 24.3 Å². The zero-order valence-corrected chi connectivity index (χ0v) is 15.8. The van der Waals surface area contributed by atoms with E-state index in [-0.39, 0.29) is 25.4 Å². The first kappa shape index (κ1) is 19.8. The Labute approximate surface area is 154 Å². The van der Waals surface area contributed by atoms with Gasteiger partial charge in [0.05, 0.1) is 31.5 Å². The van der Waals surface area contributed by atoms with Crippen molar-refractivity contribution in [3.8, 4) is 5.75 Å². The van der Waals surface area contributed by atoms with Crippen LogP contribution < -0.4 is 14.4 Å². The molecule has 0 unspecified atom stereocenters. The maximum atomic E-state index is 12.1. The predicted octanol–water partition coefficient (Wildman–Crippen LogP) is 2.21. The van der Waals surface area contributed by atoms with Gasteiger partial charge in [0.1, 0.15) is 5.75 Å². The molecule has 6 nitrogen and oxygen atoms in total. The third kappa shape index (κ3) is 6.07. The molecule has 0 radical (unpaired) electrons. The van der Waals surface area contributed by atoms with Gasteiger partial charge in [-0.1, -0.05) is 30.3 Å². The van der Waals surface area contributed by atoms with E-state index in [1.807, 2.05) is 37.3 Å². The number of nitrogens with zero attached hydrogens (tertiary/aromatic N) is 1. The van der Waals surface area contributed by atoms with Crippen LogP contribution in [-0.2, 0) is 21.2 Å². The Morgan fingerprint density at radius 1 is 1.08 bits per heavy atom. The van der Waals surface area contributed by atoms with E-state index in [9.17, 15) is 13.2 Å². The summed E-state index contributed by atoms with van der Waals surface area (Å²) in [5.74, 6) is 0.539. The number of carbonyl (C=O) groups excluding carboxylic acids is 1. The summed E-state index contributed by atoms with van der Waals surface area (Å²) in [7, 11) is -3.46. The Bertz CT molecular complexity index is 805. The minimum Gasteiger partial charge on any atom is -0.494 e. The minimum absolute atomic E-state index is 0.142. The van der Waals surface area contributed by atoms with Crippen molar-refractivity contribution >= 4 is 21.6 Å². The first-order chi connectivity index (χ1) is 12.4. The zero-order valence-electron chi connectivity index (χ0n) is 15.0. The fraction of sp³-hybridized carbons (Fsp3) is 0.316. The third-order valence-electron chi connectivity index (χ3n) is 3.68. The second-order valence-corrected chi connectivity index (χ2v) is 7.68. The first-order valence-corrected chi connectivity index (χ1v) is 10.3. The standard InChI is InChI=1S/C19H24N2O4S/c1-3-25-18-11-9-17(10-12-18)21(26(2,23)24)14-13-20-19(22)15-16-7-5-4-6-8-16/h4-12H,3,13-15H2,1-2H3,(H,20,22). The van der Waals surface area contributed by atoms with Gasteiger partial charge in [0.2, 0.25) is 15.9 Å². The molecule has 0 aromatic heterocycles. The zero-order chi connectivity index (χ0) is 19.0. The summed E-state index contributed by atoms with van der Waals surface area (Å²) < 4.78 is 30.8. The molecule has 0 aliphatic heterocycles. The number of ether oxygens (including phenoxy) is 1. The summed E-state index contributed by atoms with van der Waals surface area (Å²) in [6, 6.07) is 16.2. The average molecular weight is 376 g/mol. The smallest absolute Gasteiger partial charge is 0.232 e. The number of carbonyl (C=O) groups is 1. The van der Waals surface area contributed by atoms with Gasteiger partial charge in [0.25, 0.3) is 0 Å². The molecule has 0 heterocycles. The molecule has 0 bridgehead atoms. The number of sulfonamides is 1. The highest BCUT2D eigenvalue weighted by Gasteiger charge is 2.17. The van der Waals surface area contributed by atoms with E-state index in [4.69, 9.17) is 4.74 Å². The maximum absolute atomic E-state index is 12.1. The molecule has 0 aliphatic rings. The van der Waals surface area contributed by atoms with E-state index in [0.717, 1.165) is 11.8 Å². The van der Waals surface area contributed by atoms with Gasteiger partial charge in [0.15, 0.2) is 0 Å². The molecule has 0 aliphatic carbocycles. The van der Waals surface area contributed by atoms with Gasteiger partial charge in [-0.25, -0.2) is 8.42 Å². The van der Waals surface area contributed by atoms with Crippen LogP contribution in [0.15, 0.2) is 54.6 Å². The second-order valence-electron chi connectivity index (χ2n) is 5.77. The molecule has 0 saturated carbocycles. The summed E-state index contributed by atoms with van der Waals surface area (Å²) in [6.45, 7) is 2.82. The number of hydrogen-bond acceptors (Lipinski definition) is 4. The number of rotatable bonds is 9. The van der Waals surface area contributed by atoms with Crippen molar-refractivity contribution in [2.75, 3.05) is 30.3 Å². The Morgan fingerprint density at radius 2 is 1.73 bits per heavy atom. The number of hydrogen-bond donors (Lipinski definition) is 1. The Balaban J connectivity index is 1.95. The van der Waals surface area contributed by atoms with E-state index in [2.05, 4.69) is 5.32 Å². The van der Waals surface area contributed by atoms with Gasteiger partial charge in [-0.05, 0) is 36.8 Å². The summed E-state index contributed by atoms with van der Waals surface area (Å²) in [6.07, 6.45) is 1.41. The van der Waals surface area contributed by atoms with Crippen LogP contribution in [0.3, 0.4) is 0 Å². The van der Waals surface area contributed by atoms with E-state index >= 15 is 0 Å². The molecular formula is C19H24N2O4S. The van der Waals surface area contributed by atoms with Crippen LogP contribution in [0.4, 0.5) is 5.69 Å². The topological polar surface area (TPSA) is 75.7 Å². The van der Waals surface area contributed by atoms with Crippen molar-refractivity contribution in [1.82, 2.24) is 5.32 Å². The molecule has 1 amide bonds. The van der Waals surface area contributed by atoms with Crippen molar-refractivity contribution in [1.29, 1.82) is 0 Å². The largest absolute Gasteiger partial charge is 0.494 e. The van der Waals surface area contributed by atoms with Crippen LogP contribution >= 0.6 is 0 Å². The lowest BCUT2D eigenvalue weighted by molar-refractivity contribution is -0.120. The molecule has 2 aromatic carbocycles. The van der Waals surface area contributed by atoms with Gasteiger partial charge in [0, 0.05) is 6.54 Å². The van der Waals surface area contributed by atoms with Crippen molar-refractivity contribution < 1.29 is 17.9 Å². The monoisotopic (exact) mass is 376 g/mol. The molecule has 26 heavy (non-hydrogen) atoms. The Hall–Kier alpha value is -2.54. The highest BCUT2D eigenvalue weighted by molar-refractivity contribution is 7.92.